The van der Waals surface area contributed by atoms with E-state index >= 15 is 0 Å². The van der Waals surface area contributed by atoms with Gasteiger partial charge in [0.2, 0.25) is 0 Å². The SMILES string of the molecule is CC(=O)OC1CCCC[C@H]1CN. The van der Waals surface area contributed by atoms with Crippen molar-refractivity contribution in [3.8, 4) is 0 Å². The van der Waals surface area contributed by atoms with Crippen molar-refractivity contribution in [2.45, 2.75) is 38.7 Å². The van der Waals surface area contributed by atoms with Crippen molar-refractivity contribution in [1.29, 1.82) is 0 Å². The second-order valence-corrected chi connectivity index (χ2v) is 3.43. The Balaban J connectivity index is 2.41. The van der Waals surface area contributed by atoms with Gasteiger partial charge in [-0.2, -0.15) is 0 Å². The highest BCUT2D eigenvalue weighted by Crippen LogP contribution is 2.25. The molecule has 1 unspecified atom stereocenters. The molecule has 0 radical (unpaired) electrons. The summed E-state index contributed by atoms with van der Waals surface area (Å²) in [7, 11) is 0. The lowest BCUT2D eigenvalue weighted by atomic mass is 9.86. The van der Waals surface area contributed by atoms with E-state index in [-0.39, 0.29) is 12.1 Å². The molecule has 0 spiro atoms. The van der Waals surface area contributed by atoms with E-state index in [9.17, 15) is 4.79 Å². The van der Waals surface area contributed by atoms with Gasteiger partial charge >= 0.3 is 5.97 Å². The standard InChI is InChI=1S/C9H17NO2/c1-7(11)12-9-5-3-2-4-8(9)6-10/h8-9H,2-6,10H2,1H3/t8-,9?/m0/s1. The van der Waals surface area contributed by atoms with Crippen molar-refractivity contribution in [3.63, 3.8) is 0 Å². The summed E-state index contributed by atoms with van der Waals surface area (Å²) in [5.41, 5.74) is 5.58. The molecule has 0 amide bonds. The minimum atomic E-state index is -0.180. The highest BCUT2D eigenvalue weighted by molar-refractivity contribution is 5.66. The van der Waals surface area contributed by atoms with Crippen LogP contribution in [-0.4, -0.2) is 18.6 Å². The third-order valence-electron chi connectivity index (χ3n) is 2.46. The minimum absolute atomic E-state index is 0.0845. The number of esters is 1. The van der Waals surface area contributed by atoms with Crippen LogP contribution in [0.3, 0.4) is 0 Å². The predicted octanol–water partition coefficient (Wildman–Crippen LogP) is 1.07. The molecule has 2 N–H and O–H groups in total. The highest BCUT2D eigenvalue weighted by atomic mass is 16.5. The fraction of sp³-hybridized carbons (Fsp3) is 0.889. The van der Waals surface area contributed by atoms with E-state index in [1.165, 1.54) is 13.3 Å². The maximum absolute atomic E-state index is 10.7. The number of hydrogen-bond donors (Lipinski definition) is 1. The molecular formula is C9H17NO2. The van der Waals surface area contributed by atoms with E-state index in [1.54, 1.807) is 0 Å². The molecule has 3 nitrogen and oxygen atoms in total. The first-order valence-electron chi connectivity index (χ1n) is 4.61. The summed E-state index contributed by atoms with van der Waals surface area (Å²) in [5, 5.41) is 0. The summed E-state index contributed by atoms with van der Waals surface area (Å²) >= 11 is 0. The molecule has 1 aliphatic carbocycles. The monoisotopic (exact) mass is 171 g/mol. The van der Waals surface area contributed by atoms with E-state index < -0.39 is 0 Å². The molecule has 1 fully saturated rings. The van der Waals surface area contributed by atoms with Crippen molar-refractivity contribution in [3.05, 3.63) is 0 Å². The quantitative estimate of drug-likeness (QED) is 0.632. The lowest BCUT2D eigenvalue weighted by molar-refractivity contribution is -0.150. The van der Waals surface area contributed by atoms with Crippen LogP contribution in [0.5, 0.6) is 0 Å². The van der Waals surface area contributed by atoms with Crippen LogP contribution in [0.25, 0.3) is 0 Å². The average Bonchev–Trinajstić information content (AvgIpc) is 2.04. The number of ether oxygens (including phenoxy) is 1. The van der Waals surface area contributed by atoms with Crippen LogP contribution >= 0.6 is 0 Å². The van der Waals surface area contributed by atoms with Gasteiger partial charge in [-0.05, 0) is 25.8 Å². The zero-order valence-corrected chi connectivity index (χ0v) is 7.58. The van der Waals surface area contributed by atoms with Gasteiger partial charge in [0.05, 0.1) is 0 Å². The van der Waals surface area contributed by atoms with E-state index in [2.05, 4.69) is 0 Å². The summed E-state index contributed by atoms with van der Waals surface area (Å²) in [6.45, 7) is 2.10. The first kappa shape index (κ1) is 9.52. The summed E-state index contributed by atoms with van der Waals surface area (Å²) in [4.78, 5) is 10.7. The molecule has 0 saturated heterocycles. The maximum Gasteiger partial charge on any atom is 0.302 e. The molecule has 70 valence electrons. The predicted molar refractivity (Wildman–Crippen MR) is 46.6 cm³/mol. The Morgan fingerprint density at radius 1 is 1.50 bits per heavy atom. The van der Waals surface area contributed by atoms with Crippen molar-refractivity contribution >= 4 is 5.97 Å². The van der Waals surface area contributed by atoms with E-state index in [1.807, 2.05) is 0 Å². The third-order valence-corrected chi connectivity index (χ3v) is 2.46. The first-order valence-corrected chi connectivity index (χ1v) is 4.61. The number of nitrogens with two attached hydrogens (primary N) is 1. The van der Waals surface area contributed by atoms with Gasteiger partial charge in [0, 0.05) is 12.8 Å². The summed E-state index contributed by atoms with van der Waals surface area (Å²) in [5.74, 6) is 0.211. The van der Waals surface area contributed by atoms with Crippen molar-refractivity contribution in [2.24, 2.45) is 11.7 Å². The number of hydrogen-bond acceptors (Lipinski definition) is 3. The van der Waals surface area contributed by atoms with Crippen LogP contribution in [0.4, 0.5) is 0 Å². The average molecular weight is 171 g/mol. The number of carbonyl (C=O) groups is 1. The maximum atomic E-state index is 10.7. The molecule has 0 aromatic heterocycles. The molecule has 0 aliphatic heterocycles. The molecule has 0 bridgehead atoms. The topological polar surface area (TPSA) is 52.3 Å². The summed E-state index contributed by atoms with van der Waals surface area (Å²) in [6, 6.07) is 0. The lowest BCUT2D eigenvalue weighted by Crippen LogP contribution is -2.34. The molecular weight excluding hydrogens is 154 g/mol. The van der Waals surface area contributed by atoms with Crippen LogP contribution < -0.4 is 5.73 Å². The van der Waals surface area contributed by atoms with Gasteiger partial charge in [0.25, 0.3) is 0 Å². The molecule has 3 heteroatoms. The molecule has 0 aromatic rings. The Kier molecular flexibility index (Phi) is 3.53. The van der Waals surface area contributed by atoms with Gasteiger partial charge in [-0.25, -0.2) is 0 Å². The largest absolute Gasteiger partial charge is 0.462 e. The van der Waals surface area contributed by atoms with Crippen molar-refractivity contribution in [2.75, 3.05) is 6.54 Å². The van der Waals surface area contributed by atoms with E-state index in [0.29, 0.717) is 12.5 Å². The van der Waals surface area contributed by atoms with Crippen LogP contribution in [0.1, 0.15) is 32.6 Å². The zero-order valence-electron chi connectivity index (χ0n) is 7.58. The molecule has 1 rings (SSSR count). The third kappa shape index (κ3) is 2.48. The fourth-order valence-corrected chi connectivity index (χ4v) is 1.81. The van der Waals surface area contributed by atoms with E-state index in [4.69, 9.17) is 10.5 Å². The molecule has 0 heterocycles. The van der Waals surface area contributed by atoms with Gasteiger partial charge in [-0.15, -0.1) is 0 Å². The minimum Gasteiger partial charge on any atom is -0.462 e. The molecule has 12 heavy (non-hydrogen) atoms. The van der Waals surface area contributed by atoms with Gasteiger partial charge in [0.15, 0.2) is 0 Å². The van der Waals surface area contributed by atoms with Gasteiger partial charge < -0.3 is 10.5 Å². The van der Waals surface area contributed by atoms with Crippen LogP contribution in [-0.2, 0) is 9.53 Å². The summed E-state index contributed by atoms with van der Waals surface area (Å²) in [6.07, 6.45) is 4.56. The van der Waals surface area contributed by atoms with Crippen LogP contribution in [0.2, 0.25) is 0 Å². The molecule has 2 atom stereocenters. The molecule has 1 aliphatic rings. The second-order valence-electron chi connectivity index (χ2n) is 3.43. The highest BCUT2D eigenvalue weighted by Gasteiger charge is 2.25. The Morgan fingerprint density at radius 2 is 2.17 bits per heavy atom. The van der Waals surface area contributed by atoms with Crippen LogP contribution in [0.15, 0.2) is 0 Å². The van der Waals surface area contributed by atoms with Crippen LogP contribution in [0, 0.1) is 5.92 Å². The summed E-state index contributed by atoms with van der Waals surface area (Å²) < 4.78 is 5.18. The fourth-order valence-electron chi connectivity index (χ4n) is 1.81. The van der Waals surface area contributed by atoms with Gasteiger partial charge in [0.1, 0.15) is 6.10 Å². The molecule has 0 aromatic carbocycles. The normalized spacial score (nSPS) is 29.8. The second kappa shape index (κ2) is 4.45. The van der Waals surface area contributed by atoms with Gasteiger partial charge in [-0.3, -0.25) is 4.79 Å². The Labute approximate surface area is 73.3 Å². The van der Waals surface area contributed by atoms with Crippen molar-refractivity contribution in [1.82, 2.24) is 0 Å². The first-order chi connectivity index (χ1) is 5.74. The molecule has 1 saturated carbocycles. The number of carbonyl (C=O) groups excluding carboxylic acids is 1. The Bertz CT molecular complexity index is 159. The van der Waals surface area contributed by atoms with E-state index in [0.717, 1.165) is 19.3 Å². The lowest BCUT2D eigenvalue weighted by Gasteiger charge is -2.29. The number of rotatable bonds is 2. The zero-order chi connectivity index (χ0) is 8.97. The Morgan fingerprint density at radius 3 is 2.75 bits per heavy atom. The van der Waals surface area contributed by atoms with Crippen molar-refractivity contribution < 1.29 is 9.53 Å². The Hall–Kier alpha value is -0.570. The van der Waals surface area contributed by atoms with Gasteiger partial charge in [-0.1, -0.05) is 6.42 Å². The smallest absolute Gasteiger partial charge is 0.302 e.